The van der Waals surface area contributed by atoms with Crippen LogP contribution in [0.3, 0.4) is 0 Å². The number of hydrogen-bond donors (Lipinski definition) is 2. The molecule has 88 valence electrons. The highest BCUT2D eigenvalue weighted by Gasteiger charge is 2.42. The van der Waals surface area contributed by atoms with Crippen LogP contribution in [0.15, 0.2) is 5.16 Å². The van der Waals surface area contributed by atoms with E-state index in [-0.39, 0.29) is 0 Å². The Labute approximate surface area is 96.8 Å². The number of aromatic amines is 1. The highest BCUT2D eigenvalue weighted by atomic mass is 32.2. The number of hydrogen-bond acceptors (Lipinski definition) is 5. The average molecular weight is 243 g/mol. The van der Waals surface area contributed by atoms with Gasteiger partial charge in [-0.1, -0.05) is 11.8 Å². The largest absolute Gasteiger partial charge is 0.480 e. The van der Waals surface area contributed by atoms with E-state index < -0.39 is 10.7 Å². The van der Waals surface area contributed by atoms with Gasteiger partial charge in [0.15, 0.2) is 0 Å². The number of aromatic nitrogens is 3. The van der Waals surface area contributed by atoms with Crippen molar-refractivity contribution in [2.24, 2.45) is 0 Å². The fourth-order valence-corrected chi connectivity index (χ4v) is 2.68. The number of carboxylic acid groups (broad SMARTS) is 1. The van der Waals surface area contributed by atoms with E-state index in [1.165, 1.54) is 11.8 Å². The Bertz CT molecular complexity index is 387. The third kappa shape index (κ3) is 2.19. The molecule has 2 heterocycles. The number of H-pyrrole nitrogens is 1. The Hall–Kier alpha value is -1.08. The molecular weight excluding hydrogens is 230 g/mol. The normalized spacial score (nSPS) is 19.6. The zero-order chi connectivity index (χ0) is 11.6. The number of ether oxygens (including phenoxy) is 1. The Morgan fingerprint density at radius 3 is 2.75 bits per heavy atom. The van der Waals surface area contributed by atoms with Crippen LogP contribution in [0, 0.1) is 6.92 Å². The van der Waals surface area contributed by atoms with Gasteiger partial charge in [0.05, 0.1) is 0 Å². The second-order valence-corrected chi connectivity index (χ2v) is 5.07. The van der Waals surface area contributed by atoms with Gasteiger partial charge in [-0.3, -0.25) is 9.89 Å². The molecule has 2 N–H and O–H groups in total. The summed E-state index contributed by atoms with van der Waals surface area (Å²) in [5.74, 6) is -0.127. The van der Waals surface area contributed by atoms with Crippen LogP contribution in [-0.4, -0.2) is 44.2 Å². The Morgan fingerprint density at radius 1 is 1.56 bits per heavy atom. The minimum Gasteiger partial charge on any atom is -0.480 e. The first-order valence-electron chi connectivity index (χ1n) is 5.01. The second kappa shape index (κ2) is 4.42. The number of aliphatic carboxylic acids is 1. The van der Waals surface area contributed by atoms with E-state index in [0.717, 1.165) is 0 Å². The van der Waals surface area contributed by atoms with E-state index in [1.807, 2.05) is 0 Å². The van der Waals surface area contributed by atoms with Crippen LogP contribution in [-0.2, 0) is 9.53 Å². The standard InChI is InChI=1S/C9H13N3O3S/c1-6-10-8(12-11-6)16-9(7(13)14)2-4-15-5-3-9/h2-5H2,1H3,(H,13,14)(H,10,11,12). The maximum Gasteiger partial charge on any atom is 0.320 e. The van der Waals surface area contributed by atoms with Crippen LogP contribution in [0.1, 0.15) is 18.7 Å². The lowest BCUT2D eigenvalue weighted by molar-refractivity contribution is -0.142. The van der Waals surface area contributed by atoms with Crippen LogP contribution in [0.5, 0.6) is 0 Å². The van der Waals surface area contributed by atoms with Crippen molar-refractivity contribution < 1.29 is 14.6 Å². The lowest BCUT2D eigenvalue weighted by Gasteiger charge is -2.31. The van der Waals surface area contributed by atoms with E-state index in [2.05, 4.69) is 15.2 Å². The van der Waals surface area contributed by atoms with Gasteiger partial charge >= 0.3 is 5.97 Å². The van der Waals surface area contributed by atoms with Crippen molar-refractivity contribution in [2.45, 2.75) is 29.7 Å². The molecule has 1 aromatic heterocycles. The van der Waals surface area contributed by atoms with Crippen LogP contribution in [0.25, 0.3) is 0 Å². The molecule has 0 aromatic carbocycles. The molecule has 1 aliphatic rings. The van der Waals surface area contributed by atoms with Gasteiger partial charge in [-0.2, -0.15) is 0 Å². The van der Waals surface area contributed by atoms with Gasteiger partial charge in [0.1, 0.15) is 10.6 Å². The molecule has 1 aliphatic heterocycles. The minimum atomic E-state index is -0.840. The number of carbonyl (C=O) groups is 1. The molecule has 0 aliphatic carbocycles. The smallest absolute Gasteiger partial charge is 0.320 e. The first-order valence-corrected chi connectivity index (χ1v) is 5.83. The van der Waals surface area contributed by atoms with Crippen molar-refractivity contribution in [3.8, 4) is 0 Å². The summed E-state index contributed by atoms with van der Waals surface area (Å²) in [5.41, 5.74) is 0. The molecule has 1 saturated heterocycles. The van der Waals surface area contributed by atoms with Gasteiger partial charge in [0.2, 0.25) is 5.16 Å². The summed E-state index contributed by atoms with van der Waals surface area (Å²) >= 11 is 1.21. The molecule has 6 nitrogen and oxygen atoms in total. The first-order chi connectivity index (χ1) is 7.62. The predicted octanol–water partition coefficient (Wildman–Crippen LogP) is 0.839. The maximum atomic E-state index is 11.3. The van der Waals surface area contributed by atoms with Crippen LogP contribution in [0.4, 0.5) is 0 Å². The number of aryl methyl sites for hydroxylation is 1. The zero-order valence-electron chi connectivity index (χ0n) is 8.89. The van der Waals surface area contributed by atoms with Crippen LogP contribution >= 0.6 is 11.8 Å². The van der Waals surface area contributed by atoms with Crippen molar-refractivity contribution in [2.75, 3.05) is 13.2 Å². The van der Waals surface area contributed by atoms with Crippen molar-refractivity contribution >= 4 is 17.7 Å². The monoisotopic (exact) mass is 243 g/mol. The van der Waals surface area contributed by atoms with Gasteiger partial charge in [-0.25, -0.2) is 4.98 Å². The Kier molecular flexibility index (Phi) is 3.15. The molecule has 0 radical (unpaired) electrons. The molecule has 0 amide bonds. The molecule has 7 heteroatoms. The summed E-state index contributed by atoms with van der Waals surface area (Å²) in [6.45, 7) is 2.74. The van der Waals surface area contributed by atoms with Gasteiger partial charge in [-0.05, 0) is 19.8 Å². The molecule has 1 fully saturated rings. The van der Waals surface area contributed by atoms with Crippen LogP contribution in [0.2, 0.25) is 0 Å². The number of nitrogens with zero attached hydrogens (tertiary/aromatic N) is 2. The Balaban J connectivity index is 2.16. The van der Waals surface area contributed by atoms with E-state index >= 15 is 0 Å². The minimum absolute atomic E-state index is 0.475. The number of thioether (sulfide) groups is 1. The fraction of sp³-hybridized carbons (Fsp3) is 0.667. The van der Waals surface area contributed by atoms with Crippen molar-refractivity contribution in [1.29, 1.82) is 0 Å². The molecule has 1 aromatic rings. The second-order valence-electron chi connectivity index (χ2n) is 3.72. The number of carboxylic acids is 1. The van der Waals surface area contributed by atoms with Crippen molar-refractivity contribution in [1.82, 2.24) is 15.2 Å². The lowest BCUT2D eigenvalue weighted by Crippen LogP contribution is -2.40. The summed E-state index contributed by atoms with van der Waals surface area (Å²) in [5, 5.41) is 16.5. The van der Waals surface area contributed by atoms with Gasteiger partial charge in [0, 0.05) is 13.2 Å². The van der Waals surface area contributed by atoms with E-state index in [9.17, 15) is 9.90 Å². The maximum absolute atomic E-state index is 11.3. The topological polar surface area (TPSA) is 88.1 Å². The highest BCUT2D eigenvalue weighted by Crippen LogP contribution is 2.39. The molecule has 0 atom stereocenters. The predicted molar refractivity (Wildman–Crippen MR) is 57.4 cm³/mol. The third-order valence-corrected chi connectivity index (χ3v) is 3.89. The molecule has 0 unspecified atom stereocenters. The van der Waals surface area contributed by atoms with E-state index in [1.54, 1.807) is 6.92 Å². The van der Waals surface area contributed by atoms with Gasteiger partial charge in [0.25, 0.3) is 0 Å². The molecule has 16 heavy (non-hydrogen) atoms. The van der Waals surface area contributed by atoms with E-state index in [0.29, 0.717) is 37.0 Å². The number of rotatable bonds is 3. The molecule has 2 rings (SSSR count). The highest BCUT2D eigenvalue weighted by molar-refractivity contribution is 8.01. The molecular formula is C9H13N3O3S. The average Bonchev–Trinajstić information content (AvgIpc) is 2.65. The first kappa shape index (κ1) is 11.4. The third-order valence-electron chi connectivity index (χ3n) is 2.55. The summed E-state index contributed by atoms with van der Waals surface area (Å²) < 4.78 is 4.35. The van der Waals surface area contributed by atoms with Gasteiger partial charge < -0.3 is 9.84 Å². The summed E-state index contributed by atoms with van der Waals surface area (Å²) in [6, 6.07) is 0. The van der Waals surface area contributed by atoms with Crippen molar-refractivity contribution in [3.05, 3.63) is 5.82 Å². The molecule has 0 saturated carbocycles. The lowest BCUT2D eigenvalue weighted by atomic mass is 9.99. The summed E-state index contributed by atoms with van der Waals surface area (Å²) in [4.78, 5) is 15.5. The molecule has 0 bridgehead atoms. The zero-order valence-corrected chi connectivity index (χ0v) is 9.71. The number of nitrogens with one attached hydrogen (secondary N) is 1. The van der Waals surface area contributed by atoms with Gasteiger partial charge in [-0.15, -0.1) is 5.10 Å². The Morgan fingerprint density at radius 2 is 2.25 bits per heavy atom. The fourth-order valence-electron chi connectivity index (χ4n) is 1.60. The van der Waals surface area contributed by atoms with Crippen molar-refractivity contribution in [3.63, 3.8) is 0 Å². The molecule has 0 spiro atoms. The quantitative estimate of drug-likeness (QED) is 0.817. The summed E-state index contributed by atoms with van der Waals surface area (Å²) in [6.07, 6.45) is 0.973. The SMILES string of the molecule is Cc1nc(SC2(C(=O)O)CCOCC2)n[nH]1. The van der Waals surface area contributed by atoms with Crippen LogP contribution < -0.4 is 0 Å². The van der Waals surface area contributed by atoms with E-state index in [4.69, 9.17) is 4.74 Å². The summed E-state index contributed by atoms with van der Waals surface area (Å²) in [7, 11) is 0.